The van der Waals surface area contributed by atoms with Crippen molar-refractivity contribution in [3.05, 3.63) is 0 Å². The summed E-state index contributed by atoms with van der Waals surface area (Å²) in [4.78, 5) is 20.1. The van der Waals surface area contributed by atoms with Crippen molar-refractivity contribution in [2.24, 2.45) is 0 Å². The van der Waals surface area contributed by atoms with E-state index < -0.39 is 11.9 Å². The first-order valence-corrected chi connectivity index (χ1v) is 7.98. The molecule has 1 radical (unpaired) electrons. The van der Waals surface area contributed by atoms with Gasteiger partial charge in [0.25, 0.3) is 0 Å². The predicted molar refractivity (Wildman–Crippen MR) is 82.0 cm³/mol. The molecule has 0 amide bonds. The Labute approximate surface area is 145 Å². The molecule has 0 saturated carbocycles. The molecule has 21 heavy (non-hydrogen) atoms. The van der Waals surface area contributed by atoms with Gasteiger partial charge in [0.05, 0.1) is 0 Å². The van der Waals surface area contributed by atoms with Crippen LogP contribution < -0.4 is 0 Å². The van der Waals surface area contributed by atoms with Crippen LogP contribution in [0.15, 0.2) is 0 Å². The molecule has 125 valence electrons. The van der Waals surface area contributed by atoms with E-state index in [4.69, 9.17) is 10.2 Å². The number of carbonyl (C=O) groups is 2. The Morgan fingerprint density at radius 3 is 1.14 bits per heavy atom. The first kappa shape index (κ1) is 25.6. The first-order valence-electron chi connectivity index (χ1n) is 7.98. The maximum atomic E-state index is 10.0. The van der Waals surface area contributed by atoms with Gasteiger partial charge in [-0.1, -0.05) is 65.2 Å². The standard InChI is InChI=1S/2C8H16O2.Nb/c2*1-2-3-4-5-6-7-8(9)10;/h2*2-7H2,1H3,(H,9,10);. The van der Waals surface area contributed by atoms with Gasteiger partial charge in [0.2, 0.25) is 0 Å². The Morgan fingerprint density at radius 1 is 0.619 bits per heavy atom. The number of hydrogen-bond acceptors (Lipinski definition) is 2. The Bertz CT molecular complexity index is 208. The van der Waals surface area contributed by atoms with E-state index in [0.29, 0.717) is 12.8 Å². The van der Waals surface area contributed by atoms with Gasteiger partial charge in [0, 0.05) is 35.2 Å². The van der Waals surface area contributed by atoms with Crippen LogP contribution in [0.1, 0.15) is 90.9 Å². The molecular weight excluding hydrogens is 349 g/mol. The van der Waals surface area contributed by atoms with Crippen LogP contribution in [0.5, 0.6) is 0 Å². The van der Waals surface area contributed by atoms with Gasteiger partial charge in [-0.3, -0.25) is 9.59 Å². The fraction of sp³-hybridized carbons (Fsp3) is 0.875. The first-order chi connectivity index (χ1) is 9.54. The van der Waals surface area contributed by atoms with Crippen molar-refractivity contribution in [1.82, 2.24) is 0 Å². The Balaban J connectivity index is -0.000000295. The van der Waals surface area contributed by atoms with Crippen molar-refractivity contribution in [1.29, 1.82) is 0 Å². The maximum absolute atomic E-state index is 10.0. The SMILES string of the molecule is CCCCCCCC(=O)O.CCCCCCCC(=O)O.[Nb]. The summed E-state index contributed by atoms with van der Waals surface area (Å²) in [6.45, 7) is 4.30. The van der Waals surface area contributed by atoms with Gasteiger partial charge >= 0.3 is 11.9 Å². The van der Waals surface area contributed by atoms with E-state index in [-0.39, 0.29) is 22.4 Å². The van der Waals surface area contributed by atoms with Crippen LogP contribution in [0.4, 0.5) is 0 Å². The van der Waals surface area contributed by atoms with Crippen LogP contribution in [0.2, 0.25) is 0 Å². The van der Waals surface area contributed by atoms with Crippen molar-refractivity contribution in [3.8, 4) is 0 Å². The molecule has 0 heterocycles. The smallest absolute Gasteiger partial charge is 0.303 e. The number of hydrogen-bond donors (Lipinski definition) is 2. The van der Waals surface area contributed by atoms with E-state index in [1.165, 1.54) is 38.5 Å². The predicted octanol–water partition coefficient (Wildman–Crippen LogP) is 4.86. The zero-order chi connectivity index (χ0) is 15.6. The van der Waals surface area contributed by atoms with Gasteiger partial charge < -0.3 is 10.2 Å². The second-order valence-corrected chi connectivity index (χ2v) is 5.12. The van der Waals surface area contributed by atoms with Crippen LogP contribution >= 0.6 is 0 Å². The summed E-state index contributed by atoms with van der Waals surface area (Å²) in [6.07, 6.45) is 11.8. The summed E-state index contributed by atoms with van der Waals surface area (Å²) in [6, 6.07) is 0. The fourth-order valence-corrected chi connectivity index (χ4v) is 1.76. The molecule has 0 aromatic carbocycles. The molecule has 0 aliphatic rings. The van der Waals surface area contributed by atoms with E-state index in [1.54, 1.807) is 0 Å². The van der Waals surface area contributed by atoms with Crippen molar-refractivity contribution in [2.45, 2.75) is 90.9 Å². The van der Waals surface area contributed by atoms with Crippen molar-refractivity contribution in [2.75, 3.05) is 0 Å². The topological polar surface area (TPSA) is 74.6 Å². The van der Waals surface area contributed by atoms with E-state index in [9.17, 15) is 9.59 Å². The van der Waals surface area contributed by atoms with Crippen LogP contribution in [-0.2, 0) is 32.0 Å². The van der Waals surface area contributed by atoms with Crippen LogP contribution in [0.25, 0.3) is 0 Å². The fourth-order valence-electron chi connectivity index (χ4n) is 1.76. The van der Waals surface area contributed by atoms with Gasteiger partial charge in [0.1, 0.15) is 0 Å². The van der Waals surface area contributed by atoms with E-state index >= 15 is 0 Å². The van der Waals surface area contributed by atoms with E-state index in [0.717, 1.165) is 25.7 Å². The molecule has 5 heteroatoms. The summed E-state index contributed by atoms with van der Waals surface area (Å²) in [7, 11) is 0. The second kappa shape index (κ2) is 22.0. The summed E-state index contributed by atoms with van der Waals surface area (Å²) in [5.74, 6) is -1.34. The van der Waals surface area contributed by atoms with Gasteiger partial charge in [-0.05, 0) is 12.8 Å². The van der Waals surface area contributed by atoms with Gasteiger partial charge in [-0.25, -0.2) is 0 Å². The van der Waals surface area contributed by atoms with Crippen LogP contribution in [0.3, 0.4) is 0 Å². The Morgan fingerprint density at radius 2 is 0.905 bits per heavy atom. The summed E-state index contributed by atoms with van der Waals surface area (Å²) in [5, 5.41) is 16.5. The monoisotopic (exact) mass is 381 g/mol. The Hall–Kier alpha value is -0.320. The van der Waals surface area contributed by atoms with E-state index in [1.807, 2.05) is 0 Å². The number of carboxylic acid groups (broad SMARTS) is 2. The minimum Gasteiger partial charge on any atom is -0.481 e. The number of aliphatic carboxylic acids is 2. The minimum atomic E-state index is -0.670. The molecular formula is C16H32NbO4. The second-order valence-electron chi connectivity index (χ2n) is 5.12. The third-order valence-electron chi connectivity index (χ3n) is 2.99. The zero-order valence-corrected chi connectivity index (χ0v) is 15.8. The van der Waals surface area contributed by atoms with Crippen molar-refractivity contribution in [3.63, 3.8) is 0 Å². The summed E-state index contributed by atoms with van der Waals surface area (Å²) >= 11 is 0. The third kappa shape index (κ3) is 32.9. The maximum Gasteiger partial charge on any atom is 0.303 e. The average Bonchev–Trinajstić information content (AvgIpc) is 2.38. The molecule has 0 aliphatic carbocycles. The molecule has 4 nitrogen and oxygen atoms in total. The van der Waals surface area contributed by atoms with Gasteiger partial charge in [0.15, 0.2) is 0 Å². The summed E-state index contributed by atoms with van der Waals surface area (Å²) < 4.78 is 0. The quantitative estimate of drug-likeness (QED) is 0.374. The molecule has 0 aromatic heterocycles. The molecule has 0 rings (SSSR count). The molecule has 0 spiro atoms. The number of rotatable bonds is 12. The van der Waals surface area contributed by atoms with Crippen molar-refractivity contribution < 1.29 is 42.2 Å². The molecule has 0 aliphatic heterocycles. The molecule has 0 saturated heterocycles. The van der Waals surface area contributed by atoms with Crippen LogP contribution in [-0.4, -0.2) is 22.2 Å². The minimum absolute atomic E-state index is 0. The molecule has 0 unspecified atom stereocenters. The Kier molecular flexibility index (Phi) is 26.8. The van der Waals surface area contributed by atoms with Crippen molar-refractivity contribution >= 4 is 11.9 Å². The molecule has 0 aromatic rings. The molecule has 2 N–H and O–H groups in total. The van der Waals surface area contributed by atoms with Gasteiger partial charge in [-0.15, -0.1) is 0 Å². The molecule has 0 bridgehead atoms. The largest absolute Gasteiger partial charge is 0.481 e. The molecule has 0 fully saturated rings. The summed E-state index contributed by atoms with van der Waals surface area (Å²) in [5.41, 5.74) is 0. The van der Waals surface area contributed by atoms with Gasteiger partial charge in [-0.2, -0.15) is 0 Å². The zero-order valence-electron chi connectivity index (χ0n) is 13.6. The normalized spacial score (nSPS) is 9.24. The third-order valence-corrected chi connectivity index (χ3v) is 2.99. The molecule has 0 atom stereocenters. The van der Waals surface area contributed by atoms with E-state index in [2.05, 4.69) is 13.8 Å². The average molecular weight is 381 g/mol. The van der Waals surface area contributed by atoms with Crippen LogP contribution in [0, 0.1) is 0 Å². The number of unbranched alkanes of at least 4 members (excludes halogenated alkanes) is 8. The number of carboxylic acids is 2.